The molecular formula is C12H22N2O4S. The fourth-order valence-electron chi connectivity index (χ4n) is 1.75. The molecule has 0 fully saturated rings. The van der Waals surface area contributed by atoms with Crippen molar-refractivity contribution in [3.05, 3.63) is 17.9 Å². The largest absolute Gasteiger partial charge is 0.447 e. The van der Waals surface area contributed by atoms with Gasteiger partial charge in [-0.05, 0) is 32.0 Å². The summed E-state index contributed by atoms with van der Waals surface area (Å²) in [6, 6.07) is 3.03. The third-order valence-electron chi connectivity index (χ3n) is 3.46. The lowest BCUT2D eigenvalue weighted by Crippen LogP contribution is -2.46. The summed E-state index contributed by atoms with van der Waals surface area (Å²) >= 11 is 0. The van der Waals surface area contributed by atoms with Crippen LogP contribution in [0.25, 0.3) is 0 Å². The number of rotatable bonds is 8. The minimum Gasteiger partial charge on any atom is -0.447 e. The molecule has 1 rings (SSSR count). The Labute approximate surface area is 114 Å². The van der Waals surface area contributed by atoms with Gasteiger partial charge in [-0.2, -0.15) is 0 Å². The van der Waals surface area contributed by atoms with Crippen LogP contribution in [-0.2, 0) is 16.6 Å². The maximum atomic E-state index is 11.5. The molecule has 1 aromatic heterocycles. The van der Waals surface area contributed by atoms with Gasteiger partial charge < -0.3 is 14.8 Å². The molecule has 1 heterocycles. The van der Waals surface area contributed by atoms with Crippen molar-refractivity contribution in [3.63, 3.8) is 0 Å². The standard InChI is InChI=1S/C12H22N2O4S/c1-4-12(5-2,9-15)14-8-10-6-7-11(18-10)19(16,17)13-3/h6-7,13-15H,4-5,8-9H2,1-3H3. The second-order valence-corrected chi connectivity index (χ2v) is 6.24. The Bertz CT molecular complexity index is 483. The summed E-state index contributed by atoms with van der Waals surface area (Å²) in [7, 11) is -2.21. The molecule has 0 unspecified atom stereocenters. The van der Waals surface area contributed by atoms with Gasteiger partial charge in [0.05, 0.1) is 13.2 Å². The highest BCUT2D eigenvalue weighted by Gasteiger charge is 2.25. The van der Waals surface area contributed by atoms with E-state index in [1.807, 2.05) is 13.8 Å². The molecule has 0 spiro atoms. The molecule has 110 valence electrons. The van der Waals surface area contributed by atoms with Crippen LogP contribution in [0.15, 0.2) is 21.6 Å². The van der Waals surface area contributed by atoms with Gasteiger partial charge >= 0.3 is 0 Å². The van der Waals surface area contributed by atoms with Gasteiger partial charge in [-0.1, -0.05) is 13.8 Å². The molecule has 0 radical (unpaired) electrons. The summed E-state index contributed by atoms with van der Waals surface area (Å²) in [5.74, 6) is 0.522. The maximum absolute atomic E-state index is 11.5. The first-order valence-electron chi connectivity index (χ1n) is 6.31. The van der Waals surface area contributed by atoms with Gasteiger partial charge in [0.25, 0.3) is 10.0 Å². The lowest BCUT2D eigenvalue weighted by Gasteiger charge is -2.30. The van der Waals surface area contributed by atoms with Crippen molar-refractivity contribution in [3.8, 4) is 0 Å². The number of aliphatic hydroxyl groups excluding tert-OH is 1. The van der Waals surface area contributed by atoms with Gasteiger partial charge in [-0.3, -0.25) is 0 Å². The highest BCUT2D eigenvalue weighted by atomic mass is 32.2. The van der Waals surface area contributed by atoms with Crippen LogP contribution >= 0.6 is 0 Å². The minimum absolute atomic E-state index is 0.0301. The van der Waals surface area contributed by atoms with Crippen LogP contribution < -0.4 is 10.0 Å². The Balaban J connectivity index is 2.75. The van der Waals surface area contributed by atoms with Gasteiger partial charge in [0.15, 0.2) is 0 Å². The highest BCUT2D eigenvalue weighted by Crippen LogP contribution is 2.17. The molecule has 0 amide bonds. The zero-order chi connectivity index (χ0) is 14.5. The molecular weight excluding hydrogens is 268 g/mol. The van der Waals surface area contributed by atoms with E-state index in [9.17, 15) is 13.5 Å². The van der Waals surface area contributed by atoms with E-state index in [4.69, 9.17) is 4.42 Å². The zero-order valence-corrected chi connectivity index (χ0v) is 12.4. The molecule has 7 heteroatoms. The number of nitrogens with one attached hydrogen (secondary N) is 2. The third kappa shape index (κ3) is 3.79. The fraction of sp³-hybridized carbons (Fsp3) is 0.667. The molecule has 19 heavy (non-hydrogen) atoms. The lowest BCUT2D eigenvalue weighted by molar-refractivity contribution is 0.146. The van der Waals surface area contributed by atoms with Gasteiger partial charge in [-0.25, -0.2) is 13.1 Å². The number of furan rings is 1. The first-order chi connectivity index (χ1) is 8.93. The Morgan fingerprint density at radius 1 is 1.32 bits per heavy atom. The van der Waals surface area contributed by atoms with Crippen LogP contribution in [0.4, 0.5) is 0 Å². The monoisotopic (exact) mass is 290 g/mol. The molecule has 0 aliphatic heterocycles. The lowest BCUT2D eigenvalue weighted by atomic mass is 9.94. The number of sulfonamides is 1. The quantitative estimate of drug-likeness (QED) is 0.659. The summed E-state index contributed by atoms with van der Waals surface area (Å²) in [5, 5.41) is 12.5. The molecule has 0 aromatic carbocycles. The molecule has 0 aliphatic rings. The Morgan fingerprint density at radius 3 is 2.42 bits per heavy atom. The van der Waals surface area contributed by atoms with Crippen LogP contribution in [0.3, 0.4) is 0 Å². The predicted octanol–water partition coefficient (Wildman–Crippen LogP) is 0.828. The van der Waals surface area contributed by atoms with Crippen LogP contribution in [-0.4, -0.2) is 32.7 Å². The van der Waals surface area contributed by atoms with E-state index in [-0.39, 0.29) is 17.2 Å². The Kier molecular flexibility index (Phi) is 5.54. The van der Waals surface area contributed by atoms with Crippen molar-refractivity contribution >= 4 is 10.0 Å². The van der Waals surface area contributed by atoms with Crippen molar-refractivity contribution in [2.45, 2.75) is 43.9 Å². The average Bonchev–Trinajstić information content (AvgIpc) is 2.91. The molecule has 3 N–H and O–H groups in total. The SMILES string of the molecule is CCC(CC)(CO)NCc1ccc(S(=O)(=O)NC)o1. The topological polar surface area (TPSA) is 91.6 Å². The molecule has 0 saturated carbocycles. The Morgan fingerprint density at radius 2 is 1.95 bits per heavy atom. The number of aliphatic hydroxyl groups is 1. The van der Waals surface area contributed by atoms with Crippen LogP contribution in [0.1, 0.15) is 32.4 Å². The summed E-state index contributed by atoms with van der Waals surface area (Å²) in [5.41, 5.74) is -0.352. The van der Waals surface area contributed by atoms with Gasteiger partial charge in [0.1, 0.15) is 5.76 Å². The number of hydrogen-bond donors (Lipinski definition) is 3. The van der Waals surface area contributed by atoms with Crippen LogP contribution in [0.2, 0.25) is 0 Å². The van der Waals surface area contributed by atoms with Crippen LogP contribution in [0, 0.1) is 0 Å². The van der Waals surface area contributed by atoms with E-state index in [1.54, 1.807) is 6.07 Å². The molecule has 0 atom stereocenters. The minimum atomic E-state index is -3.54. The van der Waals surface area contributed by atoms with E-state index < -0.39 is 10.0 Å². The van der Waals surface area contributed by atoms with E-state index in [1.165, 1.54) is 13.1 Å². The summed E-state index contributed by atoms with van der Waals surface area (Å²) in [6.45, 7) is 4.39. The van der Waals surface area contributed by atoms with Crippen molar-refractivity contribution < 1.29 is 17.9 Å². The van der Waals surface area contributed by atoms with Crippen LogP contribution in [0.5, 0.6) is 0 Å². The highest BCUT2D eigenvalue weighted by molar-refractivity contribution is 7.89. The zero-order valence-electron chi connectivity index (χ0n) is 11.6. The first kappa shape index (κ1) is 16.2. The van der Waals surface area contributed by atoms with E-state index in [0.717, 1.165) is 12.8 Å². The second-order valence-electron chi connectivity index (χ2n) is 4.43. The summed E-state index contributed by atoms with van der Waals surface area (Å²) < 4.78 is 30.5. The molecule has 0 bridgehead atoms. The Hall–Kier alpha value is -0.890. The molecule has 0 saturated heterocycles. The third-order valence-corrected chi connectivity index (χ3v) is 4.75. The molecule has 1 aromatic rings. The first-order valence-corrected chi connectivity index (χ1v) is 7.79. The smallest absolute Gasteiger partial charge is 0.273 e. The van der Waals surface area contributed by atoms with E-state index >= 15 is 0 Å². The maximum Gasteiger partial charge on any atom is 0.273 e. The van der Waals surface area contributed by atoms with E-state index in [0.29, 0.717) is 12.3 Å². The van der Waals surface area contributed by atoms with E-state index in [2.05, 4.69) is 10.0 Å². The average molecular weight is 290 g/mol. The normalized spacial score (nSPS) is 12.8. The van der Waals surface area contributed by atoms with Crippen molar-refractivity contribution in [1.29, 1.82) is 0 Å². The van der Waals surface area contributed by atoms with Gasteiger partial charge in [0.2, 0.25) is 5.09 Å². The molecule has 0 aliphatic carbocycles. The fourth-order valence-corrected chi connectivity index (χ4v) is 2.42. The number of hydrogen-bond acceptors (Lipinski definition) is 5. The van der Waals surface area contributed by atoms with Crippen molar-refractivity contribution in [2.75, 3.05) is 13.7 Å². The van der Waals surface area contributed by atoms with Gasteiger partial charge in [-0.15, -0.1) is 0 Å². The second kappa shape index (κ2) is 6.51. The summed E-state index contributed by atoms with van der Waals surface area (Å²) in [4.78, 5) is 0. The van der Waals surface area contributed by atoms with Gasteiger partial charge in [0, 0.05) is 5.54 Å². The predicted molar refractivity (Wildman–Crippen MR) is 72.2 cm³/mol. The van der Waals surface area contributed by atoms with Crippen molar-refractivity contribution in [2.24, 2.45) is 0 Å². The molecule has 6 nitrogen and oxygen atoms in total. The van der Waals surface area contributed by atoms with Crippen molar-refractivity contribution in [1.82, 2.24) is 10.0 Å². The summed E-state index contributed by atoms with van der Waals surface area (Å²) in [6.07, 6.45) is 1.56.